The molecule has 0 unspecified atom stereocenters. The Morgan fingerprint density at radius 2 is 2.06 bits per heavy atom. The Morgan fingerprint density at radius 1 is 1.44 bits per heavy atom. The lowest BCUT2D eigenvalue weighted by Crippen LogP contribution is -2.39. The molecule has 0 spiro atoms. The summed E-state index contributed by atoms with van der Waals surface area (Å²) in [6, 6.07) is 0. The molecule has 16 heavy (non-hydrogen) atoms. The molecule has 1 fully saturated rings. The molecule has 1 heterocycles. The van der Waals surface area contributed by atoms with Crippen molar-refractivity contribution in [3.8, 4) is 0 Å². The number of likely N-dealkylation sites (tertiary alicyclic amines) is 1. The van der Waals surface area contributed by atoms with Crippen molar-refractivity contribution in [2.75, 3.05) is 47.4 Å². The van der Waals surface area contributed by atoms with Gasteiger partial charge in [-0.3, -0.25) is 10.2 Å². The van der Waals surface area contributed by atoms with Crippen molar-refractivity contribution in [3.05, 3.63) is 0 Å². The average Bonchev–Trinajstić information content (AvgIpc) is 2.20. The highest BCUT2D eigenvalue weighted by Gasteiger charge is 2.16. The molecule has 5 nitrogen and oxygen atoms in total. The number of carbonyl (C=O) groups is 1. The third kappa shape index (κ3) is 5.44. The smallest absolute Gasteiger partial charge is 0.260 e. The van der Waals surface area contributed by atoms with Crippen LogP contribution in [0.3, 0.4) is 0 Å². The van der Waals surface area contributed by atoms with Crippen LogP contribution in [0.15, 0.2) is 0 Å². The lowest BCUT2D eigenvalue weighted by molar-refractivity contribution is -0.130. The predicted molar refractivity (Wildman–Crippen MR) is 62.9 cm³/mol. The maximum Gasteiger partial charge on any atom is 0.260 e. The standard InChI is InChI=1S/C11H23N3O2/c1-13(2)12-11(15)9-16-8-10-4-6-14(3)7-5-10/h10H,4-9H2,1-3H3,(H,12,15). The Balaban J connectivity index is 2.04. The van der Waals surface area contributed by atoms with E-state index < -0.39 is 0 Å². The molecule has 1 aliphatic rings. The van der Waals surface area contributed by atoms with Crippen LogP contribution in [0.25, 0.3) is 0 Å². The monoisotopic (exact) mass is 229 g/mol. The first-order chi connectivity index (χ1) is 7.58. The zero-order valence-electron chi connectivity index (χ0n) is 10.5. The number of ether oxygens (including phenoxy) is 1. The van der Waals surface area contributed by atoms with Crippen LogP contribution >= 0.6 is 0 Å². The fraction of sp³-hybridized carbons (Fsp3) is 0.909. The molecular weight excluding hydrogens is 206 g/mol. The summed E-state index contributed by atoms with van der Waals surface area (Å²) in [5, 5.41) is 1.63. The highest BCUT2D eigenvalue weighted by molar-refractivity contribution is 5.76. The van der Waals surface area contributed by atoms with Crippen LogP contribution in [0.1, 0.15) is 12.8 Å². The summed E-state index contributed by atoms with van der Waals surface area (Å²) in [4.78, 5) is 13.6. The summed E-state index contributed by atoms with van der Waals surface area (Å²) in [6.45, 7) is 3.13. The van der Waals surface area contributed by atoms with Gasteiger partial charge in [-0.1, -0.05) is 0 Å². The second-order valence-electron chi connectivity index (χ2n) is 4.69. The van der Waals surface area contributed by atoms with E-state index in [0.29, 0.717) is 12.5 Å². The third-order valence-electron chi connectivity index (χ3n) is 2.77. The van der Waals surface area contributed by atoms with E-state index in [1.165, 1.54) is 12.8 Å². The van der Waals surface area contributed by atoms with Gasteiger partial charge in [-0.15, -0.1) is 0 Å². The van der Waals surface area contributed by atoms with Gasteiger partial charge in [-0.05, 0) is 38.9 Å². The minimum Gasteiger partial charge on any atom is -0.371 e. The Bertz CT molecular complexity index is 213. The van der Waals surface area contributed by atoms with Crippen LogP contribution in [-0.4, -0.2) is 63.3 Å². The summed E-state index contributed by atoms with van der Waals surface area (Å²) in [6.07, 6.45) is 2.34. The number of piperidine rings is 1. The lowest BCUT2D eigenvalue weighted by atomic mass is 9.98. The summed E-state index contributed by atoms with van der Waals surface area (Å²) < 4.78 is 5.41. The molecule has 1 aliphatic heterocycles. The van der Waals surface area contributed by atoms with Crippen LogP contribution in [0.5, 0.6) is 0 Å². The maximum absolute atomic E-state index is 11.3. The Labute approximate surface area is 97.7 Å². The Morgan fingerprint density at radius 3 is 2.62 bits per heavy atom. The van der Waals surface area contributed by atoms with Crippen molar-refractivity contribution in [2.24, 2.45) is 5.92 Å². The molecule has 1 amide bonds. The topological polar surface area (TPSA) is 44.8 Å². The molecule has 0 saturated carbocycles. The first kappa shape index (κ1) is 13.4. The number of nitrogens with one attached hydrogen (secondary N) is 1. The van der Waals surface area contributed by atoms with Gasteiger partial charge in [-0.25, -0.2) is 5.01 Å². The maximum atomic E-state index is 11.3. The Hall–Kier alpha value is -0.650. The molecule has 0 aromatic carbocycles. The van der Waals surface area contributed by atoms with Crippen LogP contribution in [-0.2, 0) is 9.53 Å². The molecular formula is C11H23N3O2. The van der Waals surface area contributed by atoms with Crippen molar-refractivity contribution < 1.29 is 9.53 Å². The van der Waals surface area contributed by atoms with Gasteiger partial charge in [0.1, 0.15) is 6.61 Å². The highest BCUT2D eigenvalue weighted by atomic mass is 16.5. The normalized spacial score (nSPS) is 19.0. The number of hydrogen-bond donors (Lipinski definition) is 1. The van der Waals surface area contributed by atoms with Crippen molar-refractivity contribution in [2.45, 2.75) is 12.8 Å². The van der Waals surface area contributed by atoms with E-state index in [-0.39, 0.29) is 12.5 Å². The van der Waals surface area contributed by atoms with E-state index in [0.717, 1.165) is 13.1 Å². The number of carbonyl (C=O) groups excluding carboxylic acids is 1. The minimum atomic E-state index is -0.0853. The van der Waals surface area contributed by atoms with Crippen molar-refractivity contribution in [1.82, 2.24) is 15.3 Å². The molecule has 5 heteroatoms. The largest absolute Gasteiger partial charge is 0.371 e. The molecule has 0 aromatic rings. The first-order valence-electron chi connectivity index (χ1n) is 5.81. The minimum absolute atomic E-state index is 0.0853. The number of nitrogens with zero attached hydrogens (tertiary/aromatic N) is 2. The second kappa shape index (κ2) is 6.83. The van der Waals surface area contributed by atoms with Crippen molar-refractivity contribution >= 4 is 5.91 Å². The highest BCUT2D eigenvalue weighted by Crippen LogP contribution is 2.15. The van der Waals surface area contributed by atoms with Crippen molar-refractivity contribution in [3.63, 3.8) is 0 Å². The van der Waals surface area contributed by atoms with E-state index in [4.69, 9.17) is 4.74 Å². The summed E-state index contributed by atoms with van der Waals surface area (Å²) in [5.41, 5.74) is 2.65. The molecule has 0 radical (unpaired) electrons. The van der Waals surface area contributed by atoms with Crippen LogP contribution in [0.2, 0.25) is 0 Å². The third-order valence-corrected chi connectivity index (χ3v) is 2.77. The molecule has 1 rings (SSSR count). The van der Waals surface area contributed by atoms with Gasteiger partial charge in [0.2, 0.25) is 0 Å². The zero-order chi connectivity index (χ0) is 12.0. The molecule has 1 saturated heterocycles. The van der Waals surface area contributed by atoms with E-state index in [1.807, 2.05) is 0 Å². The summed E-state index contributed by atoms with van der Waals surface area (Å²) in [5.74, 6) is 0.529. The number of rotatable bonds is 5. The van der Waals surface area contributed by atoms with Gasteiger partial charge in [0.25, 0.3) is 5.91 Å². The number of hydrazine groups is 1. The van der Waals surface area contributed by atoms with Gasteiger partial charge in [0, 0.05) is 14.1 Å². The van der Waals surface area contributed by atoms with Gasteiger partial charge < -0.3 is 9.64 Å². The van der Waals surface area contributed by atoms with E-state index in [2.05, 4.69) is 17.4 Å². The van der Waals surface area contributed by atoms with Crippen molar-refractivity contribution in [1.29, 1.82) is 0 Å². The fourth-order valence-corrected chi connectivity index (χ4v) is 1.83. The van der Waals surface area contributed by atoms with E-state index in [9.17, 15) is 4.79 Å². The lowest BCUT2D eigenvalue weighted by Gasteiger charge is -2.28. The predicted octanol–water partition coefficient (Wildman–Crippen LogP) is -0.0624. The molecule has 0 bridgehead atoms. The average molecular weight is 229 g/mol. The molecule has 1 N–H and O–H groups in total. The summed E-state index contributed by atoms with van der Waals surface area (Å²) >= 11 is 0. The quantitative estimate of drug-likeness (QED) is 0.671. The van der Waals surface area contributed by atoms with E-state index >= 15 is 0 Å². The fourth-order valence-electron chi connectivity index (χ4n) is 1.83. The first-order valence-corrected chi connectivity index (χ1v) is 5.81. The van der Waals surface area contributed by atoms with Crippen LogP contribution < -0.4 is 5.43 Å². The SMILES string of the molecule is CN1CCC(COCC(=O)NN(C)C)CC1. The number of amides is 1. The summed E-state index contributed by atoms with van der Waals surface area (Å²) in [7, 11) is 5.71. The van der Waals surface area contributed by atoms with Gasteiger partial charge in [0.15, 0.2) is 0 Å². The Kier molecular flexibility index (Phi) is 5.73. The molecule has 0 aromatic heterocycles. The van der Waals surface area contributed by atoms with Gasteiger partial charge in [-0.2, -0.15) is 0 Å². The number of hydrogen-bond acceptors (Lipinski definition) is 4. The van der Waals surface area contributed by atoms with Crippen LogP contribution in [0, 0.1) is 5.92 Å². The van der Waals surface area contributed by atoms with Gasteiger partial charge in [0.05, 0.1) is 6.61 Å². The van der Waals surface area contributed by atoms with E-state index in [1.54, 1.807) is 19.1 Å². The zero-order valence-corrected chi connectivity index (χ0v) is 10.5. The molecule has 0 atom stereocenters. The molecule has 0 aliphatic carbocycles. The van der Waals surface area contributed by atoms with Gasteiger partial charge >= 0.3 is 0 Å². The molecule has 94 valence electrons. The van der Waals surface area contributed by atoms with Crippen LogP contribution in [0.4, 0.5) is 0 Å². The second-order valence-corrected chi connectivity index (χ2v) is 4.69.